The van der Waals surface area contributed by atoms with Gasteiger partial charge in [0.25, 0.3) is 0 Å². The van der Waals surface area contributed by atoms with Crippen molar-refractivity contribution in [3.63, 3.8) is 0 Å². The zero-order valence-corrected chi connectivity index (χ0v) is 19.3. The largest absolute Gasteiger partial charge is 0.113 e. The molecule has 0 amide bonds. The molecule has 0 spiro atoms. The molecule has 0 aliphatic rings. The molecular weight excluding hydrogens is 299 g/mol. The van der Waals surface area contributed by atoms with Gasteiger partial charge >= 0.3 is 0 Å². The lowest BCUT2D eigenvalue weighted by Crippen LogP contribution is -2.27. The van der Waals surface area contributed by atoms with Crippen LogP contribution in [0, 0.1) is 5.41 Å². The third-order valence-electron chi connectivity index (χ3n) is 5.10. The lowest BCUT2D eigenvalue weighted by molar-refractivity contribution is 0.284. The van der Waals surface area contributed by atoms with Gasteiger partial charge in [0.15, 0.2) is 0 Å². The standard InChI is InChI=1S/C22H38B.C2H6/c1-19(2,3)15-20(4,5)17-11-13-18(14-12-17)21(6,7)16-22(8,9)23-10;1-2/h11-14H,15-16H2,1-10H3;1-2H3. The first-order valence-electron chi connectivity index (χ1n) is 10.1. The monoisotopic (exact) mass is 343 g/mol. The third kappa shape index (κ3) is 8.01. The molecule has 0 aliphatic heterocycles. The molecule has 0 saturated heterocycles. The molecule has 0 bridgehead atoms. The highest BCUT2D eigenvalue weighted by atomic mass is 14.3. The Morgan fingerprint density at radius 3 is 1.24 bits per heavy atom. The van der Waals surface area contributed by atoms with Gasteiger partial charge in [0, 0.05) is 0 Å². The van der Waals surface area contributed by atoms with Crippen molar-refractivity contribution in [2.24, 2.45) is 5.41 Å². The van der Waals surface area contributed by atoms with Crippen molar-refractivity contribution in [2.75, 3.05) is 0 Å². The van der Waals surface area contributed by atoms with Crippen molar-refractivity contribution in [3.8, 4) is 0 Å². The maximum atomic E-state index is 2.37. The Morgan fingerprint density at radius 1 is 0.640 bits per heavy atom. The van der Waals surface area contributed by atoms with Crippen molar-refractivity contribution in [3.05, 3.63) is 35.4 Å². The molecule has 25 heavy (non-hydrogen) atoms. The molecule has 1 aromatic rings. The highest BCUT2D eigenvalue weighted by molar-refractivity contribution is 6.37. The van der Waals surface area contributed by atoms with E-state index in [4.69, 9.17) is 0 Å². The maximum Gasteiger partial charge on any atom is 0.113 e. The van der Waals surface area contributed by atoms with Gasteiger partial charge in [-0.25, -0.2) is 0 Å². The van der Waals surface area contributed by atoms with E-state index in [0.717, 1.165) is 0 Å². The van der Waals surface area contributed by atoms with Crippen LogP contribution in [-0.2, 0) is 10.8 Å². The van der Waals surface area contributed by atoms with Crippen LogP contribution >= 0.6 is 0 Å². The van der Waals surface area contributed by atoms with E-state index in [-0.39, 0.29) is 16.1 Å². The van der Waals surface area contributed by atoms with Crippen LogP contribution in [0.1, 0.15) is 100 Å². The lowest BCUT2D eigenvalue weighted by atomic mass is 9.51. The third-order valence-corrected chi connectivity index (χ3v) is 5.10. The Hall–Kier alpha value is -0.715. The summed E-state index contributed by atoms with van der Waals surface area (Å²) in [7, 11) is 2.33. The Morgan fingerprint density at radius 2 is 0.960 bits per heavy atom. The van der Waals surface area contributed by atoms with E-state index in [1.54, 1.807) is 0 Å². The van der Waals surface area contributed by atoms with Crippen molar-refractivity contribution in [1.29, 1.82) is 0 Å². The predicted molar refractivity (Wildman–Crippen MR) is 118 cm³/mol. The number of hydrogen-bond donors (Lipinski definition) is 0. The maximum absolute atomic E-state index is 2.37. The van der Waals surface area contributed by atoms with Crippen molar-refractivity contribution in [2.45, 2.75) is 112 Å². The molecule has 1 heteroatoms. The van der Waals surface area contributed by atoms with Crippen LogP contribution in [0.4, 0.5) is 0 Å². The van der Waals surface area contributed by atoms with Gasteiger partial charge in [0.1, 0.15) is 7.28 Å². The molecule has 0 heterocycles. The van der Waals surface area contributed by atoms with Crippen LogP contribution in [0.5, 0.6) is 0 Å². The van der Waals surface area contributed by atoms with Crippen LogP contribution in [0.3, 0.4) is 0 Å². The van der Waals surface area contributed by atoms with E-state index in [1.807, 2.05) is 13.8 Å². The molecular formula is C24H44B. The molecule has 0 fully saturated rings. The summed E-state index contributed by atoms with van der Waals surface area (Å²) >= 11 is 0. The highest BCUT2D eigenvalue weighted by Crippen LogP contribution is 2.41. The molecule has 0 aliphatic carbocycles. The summed E-state index contributed by atoms with van der Waals surface area (Å²) in [5, 5.41) is 0.272. The minimum absolute atomic E-state index is 0.197. The van der Waals surface area contributed by atoms with Gasteiger partial charge in [-0.3, -0.25) is 0 Å². The van der Waals surface area contributed by atoms with Crippen molar-refractivity contribution in [1.82, 2.24) is 0 Å². The van der Waals surface area contributed by atoms with Crippen LogP contribution in [0.2, 0.25) is 12.1 Å². The summed E-state index contributed by atoms with van der Waals surface area (Å²) in [4.78, 5) is 0. The fourth-order valence-electron chi connectivity index (χ4n) is 4.14. The molecule has 0 N–H and O–H groups in total. The van der Waals surface area contributed by atoms with Crippen molar-refractivity contribution >= 4 is 7.28 Å². The Balaban J connectivity index is 0.00000277. The fourth-order valence-corrected chi connectivity index (χ4v) is 4.14. The second-order valence-corrected chi connectivity index (χ2v) is 10.5. The van der Waals surface area contributed by atoms with E-state index < -0.39 is 0 Å². The zero-order chi connectivity index (χ0) is 20.1. The molecule has 143 valence electrons. The van der Waals surface area contributed by atoms with Gasteiger partial charge in [-0.1, -0.05) is 113 Å². The first-order valence-corrected chi connectivity index (χ1v) is 10.1. The minimum atomic E-state index is 0.197. The van der Waals surface area contributed by atoms with Gasteiger partial charge in [0.2, 0.25) is 0 Å². The summed E-state index contributed by atoms with van der Waals surface area (Å²) in [6.45, 7) is 27.3. The molecule has 1 aromatic carbocycles. The normalized spacial score (nSPS) is 13.1. The first-order chi connectivity index (χ1) is 11.2. The van der Waals surface area contributed by atoms with Crippen LogP contribution in [0.25, 0.3) is 0 Å². The molecule has 1 rings (SSSR count). The van der Waals surface area contributed by atoms with Crippen LogP contribution in [0.15, 0.2) is 24.3 Å². The molecule has 1 radical (unpaired) electrons. The first kappa shape index (κ1) is 24.3. The SMILES string of the molecule is CC.C[B]C(C)(C)CC(C)(C)c1ccc(C(C)(C)CC(C)(C)C)cc1. The average molecular weight is 343 g/mol. The Kier molecular flexibility index (Phi) is 8.53. The van der Waals surface area contributed by atoms with Gasteiger partial charge in [-0.05, 0) is 40.2 Å². The van der Waals surface area contributed by atoms with E-state index in [9.17, 15) is 0 Å². The van der Waals surface area contributed by atoms with Crippen LogP contribution < -0.4 is 0 Å². The number of rotatable bonds is 6. The average Bonchev–Trinajstić information content (AvgIpc) is 2.46. The molecule has 0 aromatic heterocycles. The van der Waals surface area contributed by atoms with Gasteiger partial charge in [-0.2, -0.15) is 0 Å². The van der Waals surface area contributed by atoms with Gasteiger partial charge < -0.3 is 0 Å². The molecule has 0 unspecified atom stereocenters. The quantitative estimate of drug-likeness (QED) is 0.458. The van der Waals surface area contributed by atoms with Gasteiger partial charge in [-0.15, -0.1) is 0 Å². The summed E-state index contributed by atoms with van der Waals surface area (Å²) < 4.78 is 0. The second kappa shape index (κ2) is 8.78. The number of hydrogen-bond acceptors (Lipinski definition) is 0. The Bertz CT molecular complexity index is 498. The number of benzene rings is 1. The van der Waals surface area contributed by atoms with Gasteiger partial charge in [0.05, 0.1) is 0 Å². The van der Waals surface area contributed by atoms with Crippen LogP contribution in [-0.4, -0.2) is 7.28 Å². The highest BCUT2D eigenvalue weighted by Gasteiger charge is 2.31. The van der Waals surface area contributed by atoms with E-state index in [1.165, 1.54) is 24.0 Å². The fraction of sp³-hybridized carbons (Fsp3) is 0.750. The summed E-state index contributed by atoms with van der Waals surface area (Å²) in [5.41, 5.74) is 3.67. The minimum Gasteiger partial charge on any atom is -0.0914 e. The molecule has 0 nitrogen and oxygen atoms in total. The summed E-state index contributed by atoms with van der Waals surface area (Å²) in [6.07, 6.45) is 2.36. The van der Waals surface area contributed by atoms with E-state index in [0.29, 0.717) is 5.41 Å². The molecule has 0 saturated carbocycles. The predicted octanol–water partition coefficient (Wildman–Crippen LogP) is 8.05. The summed E-state index contributed by atoms with van der Waals surface area (Å²) in [6, 6.07) is 9.41. The van der Waals surface area contributed by atoms with E-state index in [2.05, 4.69) is 101 Å². The van der Waals surface area contributed by atoms with E-state index >= 15 is 0 Å². The second-order valence-electron chi connectivity index (χ2n) is 10.5. The molecule has 0 atom stereocenters. The van der Waals surface area contributed by atoms with Crippen molar-refractivity contribution < 1.29 is 0 Å². The zero-order valence-electron chi connectivity index (χ0n) is 19.3. The summed E-state index contributed by atoms with van der Waals surface area (Å²) in [5.74, 6) is 0. The Labute approximate surface area is 160 Å². The smallest absolute Gasteiger partial charge is 0.0914 e. The topological polar surface area (TPSA) is 0 Å². The lowest BCUT2D eigenvalue weighted by Gasteiger charge is -2.36.